The van der Waals surface area contributed by atoms with Crippen LogP contribution in [0.15, 0.2) is 65.7 Å². The lowest BCUT2D eigenvalue weighted by atomic mass is 10.1. The number of hydrogen-bond donors (Lipinski definition) is 0. The largest absolute Gasteiger partial charge is 0.479 e. The number of piperazine rings is 1. The summed E-state index contributed by atoms with van der Waals surface area (Å²) < 4.78 is 5.71. The van der Waals surface area contributed by atoms with E-state index >= 15 is 0 Å². The van der Waals surface area contributed by atoms with Gasteiger partial charge in [-0.05, 0) is 11.1 Å². The van der Waals surface area contributed by atoms with E-state index < -0.39 is 0 Å². The van der Waals surface area contributed by atoms with Crippen molar-refractivity contribution in [1.82, 2.24) is 9.80 Å². The highest BCUT2D eigenvalue weighted by Crippen LogP contribution is 2.20. The monoisotopic (exact) mass is 349 g/mol. The number of ether oxygens (including phenoxy) is 1. The molecule has 1 saturated heterocycles. The molecule has 136 valence electrons. The molecule has 0 radical (unpaired) electrons. The van der Waals surface area contributed by atoms with Crippen LogP contribution in [-0.2, 0) is 17.8 Å². The molecule has 1 fully saturated rings. The smallest absolute Gasteiger partial charge is 0.185 e. The molecular formula is C22H27N3O. The van der Waals surface area contributed by atoms with Gasteiger partial charge in [-0.25, -0.2) is 0 Å². The van der Waals surface area contributed by atoms with Gasteiger partial charge in [-0.15, -0.1) is 0 Å². The molecule has 2 aliphatic rings. The van der Waals surface area contributed by atoms with Crippen molar-refractivity contribution in [3.8, 4) is 0 Å². The van der Waals surface area contributed by atoms with Crippen LogP contribution in [0.5, 0.6) is 0 Å². The summed E-state index contributed by atoms with van der Waals surface area (Å²) in [6.07, 6.45) is 0.915. The van der Waals surface area contributed by atoms with Gasteiger partial charge >= 0.3 is 0 Å². The molecule has 1 unspecified atom stereocenters. The second-order valence-electron chi connectivity index (χ2n) is 7.16. The molecule has 4 nitrogen and oxygen atoms in total. The van der Waals surface area contributed by atoms with Crippen LogP contribution in [0.3, 0.4) is 0 Å². The molecule has 0 N–H and O–H groups in total. The molecule has 2 aromatic rings. The van der Waals surface area contributed by atoms with Gasteiger partial charge in [0.25, 0.3) is 0 Å². The van der Waals surface area contributed by atoms with Crippen LogP contribution in [0.2, 0.25) is 0 Å². The van der Waals surface area contributed by atoms with Crippen molar-refractivity contribution in [2.45, 2.75) is 25.6 Å². The highest BCUT2D eigenvalue weighted by molar-refractivity contribution is 5.77. The maximum Gasteiger partial charge on any atom is 0.185 e. The lowest BCUT2D eigenvalue weighted by Gasteiger charge is -2.41. The number of rotatable bonds is 6. The summed E-state index contributed by atoms with van der Waals surface area (Å²) in [6, 6.07) is 22.0. The lowest BCUT2D eigenvalue weighted by Crippen LogP contribution is -2.53. The quantitative estimate of drug-likeness (QED) is 0.802. The average Bonchev–Trinajstić information content (AvgIpc) is 3.19. The van der Waals surface area contributed by atoms with E-state index in [1.807, 2.05) is 0 Å². The molecule has 0 aromatic heterocycles. The van der Waals surface area contributed by atoms with Crippen molar-refractivity contribution in [1.29, 1.82) is 0 Å². The van der Waals surface area contributed by atoms with Gasteiger partial charge in [-0.1, -0.05) is 60.7 Å². The molecule has 0 aliphatic carbocycles. The SMILES string of the molecule is c1ccc(CN2CCN(Cc3ccccc3)C(CC3=NCCO3)C2)cc1. The van der Waals surface area contributed by atoms with Crippen LogP contribution in [0.4, 0.5) is 0 Å². The molecule has 0 bridgehead atoms. The summed E-state index contributed by atoms with van der Waals surface area (Å²) in [5.74, 6) is 0.939. The van der Waals surface area contributed by atoms with Crippen LogP contribution < -0.4 is 0 Å². The molecule has 1 atom stereocenters. The first-order valence-corrected chi connectivity index (χ1v) is 9.57. The van der Waals surface area contributed by atoms with Gasteiger partial charge in [0, 0.05) is 45.2 Å². The number of hydrogen-bond acceptors (Lipinski definition) is 4. The topological polar surface area (TPSA) is 28.1 Å². The summed E-state index contributed by atoms with van der Waals surface area (Å²) in [6.45, 7) is 6.82. The Morgan fingerprint density at radius 3 is 2.23 bits per heavy atom. The second kappa shape index (κ2) is 8.47. The fourth-order valence-electron chi connectivity index (χ4n) is 3.87. The Hall–Kier alpha value is -2.17. The molecule has 2 aromatic carbocycles. The molecule has 2 heterocycles. The highest BCUT2D eigenvalue weighted by atomic mass is 16.5. The first-order valence-electron chi connectivity index (χ1n) is 9.57. The van der Waals surface area contributed by atoms with Crippen molar-refractivity contribution < 1.29 is 4.74 Å². The zero-order valence-electron chi connectivity index (χ0n) is 15.3. The maximum absolute atomic E-state index is 5.71. The molecule has 0 amide bonds. The second-order valence-corrected chi connectivity index (χ2v) is 7.16. The first-order chi connectivity index (χ1) is 12.9. The van der Waals surface area contributed by atoms with Gasteiger partial charge in [0.1, 0.15) is 6.61 Å². The molecule has 26 heavy (non-hydrogen) atoms. The third-order valence-electron chi connectivity index (χ3n) is 5.22. The molecular weight excluding hydrogens is 322 g/mol. The predicted octanol–water partition coefficient (Wildman–Crippen LogP) is 3.19. The van der Waals surface area contributed by atoms with E-state index in [4.69, 9.17) is 4.74 Å². The van der Waals surface area contributed by atoms with E-state index in [0.717, 1.165) is 58.2 Å². The van der Waals surface area contributed by atoms with Crippen molar-refractivity contribution in [3.05, 3.63) is 71.8 Å². The fourth-order valence-corrected chi connectivity index (χ4v) is 3.87. The summed E-state index contributed by atoms with van der Waals surface area (Å²) >= 11 is 0. The first kappa shape index (κ1) is 17.3. The third-order valence-corrected chi connectivity index (χ3v) is 5.22. The van der Waals surface area contributed by atoms with E-state index in [1.54, 1.807) is 0 Å². The van der Waals surface area contributed by atoms with Crippen molar-refractivity contribution >= 4 is 5.90 Å². The normalized spacial score (nSPS) is 21.4. The van der Waals surface area contributed by atoms with Crippen molar-refractivity contribution in [2.75, 3.05) is 32.8 Å². The van der Waals surface area contributed by atoms with E-state index in [0.29, 0.717) is 6.04 Å². The summed E-state index contributed by atoms with van der Waals surface area (Å²) in [5.41, 5.74) is 2.76. The molecule has 4 heteroatoms. The number of aliphatic imine (C=N–C) groups is 1. The van der Waals surface area contributed by atoms with E-state index in [2.05, 4.69) is 75.5 Å². The Morgan fingerprint density at radius 2 is 1.58 bits per heavy atom. The van der Waals surface area contributed by atoms with E-state index in [9.17, 15) is 0 Å². The van der Waals surface area contributed by atoms with Gasteiger partial charge in [-0.3, -0.25) is 14.8 Å². The summed E-state index contributed by atoms with van der Waals surface area (Å²) in [4.78, 5) is 9.69. The Labute approximate surface area is 156 Å². The van der Waals surface area contributed by atoms with Crippen molar-refractivity contribution in [2.24, 2.45) is 4.99 Å². The van der Waals surface area contributed by atoms with Crippen molar-refractivity contribution in [3.63, 3.8) is 0 Å². The third kappa shape index (κ3) is 4.51. The van der Waals surface area contributed by atoms with Crippen LogP contribution in [0, 0.1) is 0 Å². The minimum absolute atomic E-state index is 0.449. The summed E-state index contributed by atoms with van der Waals surface area (Å²) in [7, 11) is 0. The van der Waals surface area contributed by atoms with Gasteiger partial charge in [0.2, 0.25) is 0 Å². The standard InChI is InChI=1S/C22H27N3O/c1-3-7-19(8-4-1)16-24-12-13-25(17-20-9-5-2-6-10-20)21(18-24)15-22-23-11-14-26-22/h1-10,21H,11-18H2. The zero-order chi connectivity index (χ0) is 17.6. The Balaban J connectivity index is 1.44. The zero-order valence-corrected chi connectivity index (χ0v) is 15.3. The van der Waals surface area contributed by atoms with Gasteiger partial charge in [-0.2, -0.15) is 0 Å². The Kier molecular flexibility index (Phi) is 5.62. The molecule has 0 spiro atoms. The number of nitrogens with zero attached hydrogens (tertiary/aromatic N) is 3. The predicted molar refractivity (Wildman–Crippen MR) is 105 cm³/mol. The fraction of sp³-hybridized carbons (Fsp3) is 0.409. The van der Waals surface area contributed by atoms with Crippen LogP contribution in [0.1, 0.15) is 17.5 Å². The van der Waals surface area contributed by atoms with E-state index in [1.165, 1.54) is 11.1 Å². The van der Waals surface area contributed by atoms with Gasteiger partial charge in [0.05, 0.1) is 6.54 Å². The molecule has 4 rings (SSSR count). The van der Waals surface area contributed by atoms with Gasteiger partial charge < -0.3 is 4.74 Å². The van der Waals surface area contributed by atoms with E-state index in [-0.39, 0.29) is 0 Å². The number of benzene rings is 2. The van der Waals surface area contributed by atoms with Crippen LogP contribution >= 0.6 is 0 Å². The minimum atomic E-state index is 0.449. The highest BCUT2D eigenvalue weighted by Gasteiger charge is 2.29. The Morgan fingerprint density at radius 1 is 0.885 bits per heavy atom. The molecule has 0 saturated carbocycles. The maximum atomic E-state index is 5.71. The minimum Gasteiger partial charge on any atom is -0.479 e. The molecule has 2 aliphatic heterocycles. The van der Waals surface area contributed by atoms with Crippen LogP contribution in [0.25, 0.3) is 0 Å². The summed E-state index contributed by atoms with van der Waals surface area (Å²) in [5, 5.41) is 0. The van der Waals surface area contributed by atoms with Crippen LogP contribution in [-0.4, -0.2) is 54.5 Å². The lowest BCUT2D eigenvalue weighted by molar-refractivity contribution is 0.0650. The Bertz CT molecular complexity index is 717. The average molecular weight is 349 g/mol. The van der Waals surface area contributed by atoms with Gasteiger partial charge in [0.15, 0.2) is 5.90 Å².